The van der Waals surface area contributed by atoms with Gasteiger partial charge in [-0.3, -0.25) is 0 Å². The van der Waals surface area contributed by atoms with Crippen LogP contribution in [-0.2, 0) is 17.6 Å². The minimum atomic E-state index is -1.03. The fourth-order valence-electron chi connectivity index (χ4n) is 2.10. The Kier molecular flexibility index (Phi) is 3.86. The third kappa shape index (κ3) is 3.11. The molecular weight excluding hydrogens is 216 g/mol. The second-order valence-electron chi connectivity index (χ2n) is 4.39. The van der Waals surface area contributed by atoms with Crippen molar-refractivity contribution in [2.45, 2.75) is 25.0 Å². The summed E-state index contributed by atoms with van der Waals surface area (Å²) in [6.07, 6.45) is 2.05. The van der Waals surface area contributed by atoms with Gasteiger partial charge < -0.3 is 9.84 Å². The summed E-state index contributed by atoms with van der Waals surface area (Å²) in [6.45, 7) is 1.04. The molecule has 0 aliphatic heterocycles. The first-order valence-electron chi connectivity index (χ1n) is 5.90. The van der Waals surface area contributed by atoms with Gasteiger partial charge in [0, 0.05) is 20.0 Å². The Bertz CT molecular complexity index is 406. The number of hydrogen-bond donors (Lipinski definition) is 1. The molecule has 92 valence electrons. The number of nitrogens with zero attached hydrogens (tertiary/aromatic N) is 2. The molecule has 0 radical (unpaired) electrons. The van der Waals surface area contributed by atoms with Crippen molar-refractivity contribution in [3.8, 4) is 0 Å². The molecule has 0 heterocycles. The molecule has 1 unspecified atom stereocenters. The van der Waals surface area contributed by atoms with Crippen LogP contribution in [0.5, 0.6) is 0 Å². The van der Waals surface area contributed by atoms with Gasteiger partial charge in [-0.2, -0.15) is 10.2 Å². The second kappa shape index (κ2) is 5.38. The molecular formula is C13H18N2O2. The summed E-state index contributed by atoms with van der Waals surface area (Å²) in [5.74, 6) is 0. The molecule has 1 aliphatic rings. The normalized spacial score (nSPS) is 23.9. The van der Waals surface area contributed by atoms with Crippen molar-refractivity contribution >= 4 is 0 Å². The van der Waals surface area contributed by atoms with Crippen molar-refractivity contribution in [3.63, 3.8) is 0 Å². The molecule has 1 N–H and O–H groups in total. The van der Waals surface area contributed by atoms with Crippen LogP contribution in [-0.4, -0.2) is 31.1 Å². The van der Waals surface area contributed by atoms with Crippen molar-refractivity contribution in [2.24, 2.45) is 10.2 Å². The largest absolute Gasteiger partial charge is 0.383 e. The van der Waals surface area contributed by atoms with E-state index in [4.69, 9.17) is 4.74 Å². The first-order chi connectivity index (χ1) is 8.23. The fourth-order valence-corrected chi connectivity index (χ4v) is 2.10. The van der Waals surface area contributed by atoms with E-state index in [1.165, 1.54) is 11.1 Å². The van der Waals surface area contributed by atoms with Crippen LogP contribution in [0.4, 0.5) is 0 Å². The highest BCUT2D eigenvalue weighted by Gasteiger charge is 2.31. The number of aryl methyl sites for hydroxylation is 1. The topological polar surface area (TPSA) is 54.2 Å². The Balaban J connectivity index is 2.02. The molecule has 0 bridgehead atoms. The Labute approximate surface area is 101 Å². The monoisotopic (exact) mass is 234 g/mol. The number of benzene rings is 1. The van der Waals surface area contributed by atoms with Gasteiger partial charge in [0.05, 0.1) is 13.2 Å². The maximum atomic E-state index is 10.3. The summed E-state index contributed by atoms with van der Waals surface area (Å²) < 4.78 is 4.89. The SMILES string of the molecule is COCCN=NC1(O)CCc2ccccc2C1. The lowest BCUT2D eigenvalue weighted by Gasteiger charge is -2.28. The molecule has 4 nitrogen and oxygen atoms in total. The van der Waals surface area contributed by atoms with Gasteiger partial charge in [0.1, 0.15) is 0 Å². The van der Waals surface area contributed by atoms with Crippen molar-refractivity contribution in [2.75, 3.05) is 20.3 Å². The number of azo groups is 1. The van der Waals surface area contributed by atoms with E-state index in [2.05, 4.69) is 16.3 Å². The summed E-state index contributed by atoms with van der Waals surface area (Å²) >= 11 is 0. The predicted molar refractivity (Wildman–Crippen MR) is 65.0 cm³/mol. The van der Waals surface area contributed by atoms with Crippen molar-refractivity contribution < 1.29 is 9.84 Å². The summed E-state index contributed by atoms with van der Waals surface area (Å²) in [7, 11) is 1.63. The molecule has 17 heavy (non-hydrogen) atoms. The maximum absolute atomic E-state index is 10.3. The van der Waals surface area contributed by atoms with E-state index < -0.39 is 5.72 Å². The number of fused-ring (bicyclic) bond motifs is 1. The van der Waals surface area contributed by atoms with Gasteiger partial charge in [-0.15, -0.1) is 0 Å². The van der Waals surface area contributed by atoms with Gasteiger partial charge >= 0.3 is 0 Å². The lowest BCUT2D eigenvalue weighted by molar-refractivity contribution is 0.0269. The van der Waals surface area contributed by atoms with Crippen LogP contribution in [0.2, 0.25) is 0 Å². The van der Waals surface area contributed by atoms with Gasteiger partial charge in [-0.05, 0) is 17.5 Å². The van der Waals surface area contributed by atoms with Gasteiger partial charge in [0.2, 0.25) is 0 Å². The van der Waals surface area contributed by atoms with Crippen LogP contribution < -0.4 is 0 Å². The highest BCUT2D eigenvalue weighted by atomic mass is 16.5. The van der Waals surface area contributed by atoms with E-state index >= 15 is 0 Å². The fraction of sp³-hybridized carbons (Fsp3) is 0.538. The van der Waals surface area contributed by atoms with Gasteiger partial charge in [0.15, 0.2) is 5.72 Å². The average Bonchev–Trinajstić information content (AvgIpc) is 2.35. The molecule has 0 aromatic heterocycles. The third-order valence-corrected chi connectivity index (χ3v) is 3.04. The molecule has 1 aliphatic carbocycles. The minimum absolute atomic E-state index is 0.500. The van der Waals surface area contributed by atoms with Gasteiger partial charge in [-0.1, -0.05) is 24.3 Å². The lowest BCUT2D eigenvalue weighted by Crippen LogP contribution is -2.33. The number of aliphatic hydroxyl groups is 1. The molecule has 0 amide bonds. The van der Waals surface area contributed by atoms with E-state index in [-0.39, 0.29) is 0 Å². The minimum Gasteiger partial charge on any atom is -0.383 e. The average molecular weight is 234 g/mol. The molecule has 0 saturated carbocycles. The van der Waals surface area contributed by atoms with E-state index in [1.54, 1.807) is 7.11 Å². The van der Waals surface area contributed by atoms with Crippen LogP contribution in [0.1, 0.15) is 17.5 Å². The van der Waals surface area contributed by atoms with Crippen LogP contribution in [0.15, 0.2) is 34.5 Å². The molecule has 1 aromatic carbocycles. The molecule has 1 atom stereocenters. The Hall–Kier alpha value is -1.26. The van der Waals surface area contributed by atoms with Crippen LogP contribution in [0, 0.1) is 0 Å². The highest BCUT2D eigenvalue weighted by molar-refractivity contribution is 5.31. The number of rotatable bonds is 4. The first kappa shape index (κ1) is 12.2. The molecule has 4 heteroatoms. The van der Waals surface area contributed by atoms with Crippen molar-refractivity contribution in [1.82, 2.24) is 0 Å². The first-order valence-corrected chi connectivity index (χ1v) is 5.90. The molecule has 0 fully saturated rings. The van der Waals surface area contributed by atoms with Crippen LogP contribution in [0.25, 0.3) is 0 Å². The Morgan fingerprint density at radius 3 is 2.88 bits per heavy atom. The quantitative estimate of drug-likeness (QED) is 0.639. The summed E-state index contributed by atoms with van der Waals surface area (Å²) in [5, 5.41) is 18.3. The second-order valence-corrected chi connectivity index (χ2v) is 4.39. The lowest BCUT2D eigenvalue weighted by atomic mass is 9.86. The zero-order valence-electron chi connectivity index (χ0n) is 10.1. The zero-order chi connectivity index (χ0) is 12.1. The molecule has 0 spiro atoms. The van der Waals surface area contributed by atoms with Crippen molar-refractivity contribution in [3.05, 3.63) is 35.4 Å². The van der Waals surface area contributed by atoms with Crippen LogP contribution in [0.3, 0.4) is 0 Å². The van der Waals surface area contributed by atoms with Gasteiger partial charge in [0.25, 0.3) is 0 Å². The van der Waals surface area contributed by atoms with Gasteiger partial charge in [-0.25, -0.2) is 0 Å². The van der Waals surface area contributed by atoms with E-state index in [1.807, 2.05) is 18.2 Å². The molecule has 2 rings (SSSR count). The summed E-state index contributed by atoms with van der Waals surface area (Å²) in [4.78, 5) is 0. The van der Waals surface area contributed by atoms with E-state index in [9.17, 15) is 5.11 Å². The molecule has 1 aromatic rings. The summed E-state index contributed by atoms with van der Waals surface area (Å²) in [6, 6.07) is 8.18. The van der Waals surface area contributed by atoms with E-state index in [0.29, 0.717) is 26.0 Å². The molecule has 0 saturated heterocycles. The highest BCUT2D eigenvalue weighted by Crippen LogP contribution is 2.29. The maximum Gasteiger partial charge on any atom is 0.180 e. The summed E-state index contributed by atoms with van der Waals surface area (Å²) in [5.41, 5.74) is 1.46. The Morgan fingerprint density at radius 2 is 2.12 bits per heavy atom. The predicted octanol–water partition coefficient (Wildman–Crippen LogP) is 1.96. The zero-order valence-corrected chi connectivity index (χ0v) is 10.1. The third-order valence-electron chi connectivity index (χ3n) is 3.04. The van der Waals surface area contributed by atoms with Crippen molar-refractivity contribution in [1.29, 1.82) is 0 Å². The standard InChI is InChI=1S/C13H18N2O2/c1-17-9-8-14-15-13(16)7-6-11-4-2-3-5-12(11)10-13/h2-5,16H,6-10H2,1H3. The number of hydrogen-bond acceptors (Lipinski definition) is 4. The van der Waals surface area contributed by atoms with Crippen LogP contribution >= 0.6 is 0 Å². The Morgan fingerprint density at radius 1 is 1.35 bits per heavy atom. The smallest absolute Gasteiger partial charge is 0.180 e. The van der Waals surface area contributed by atoms with E-state index in [0.717, 1.165) is 6.42 Å². The number of methoxy groups -OCH3 is 1. The number of ether oxygens (including phenoxy) is 1.